The van der Waals surface area contributed by atoms with E-state index < -0.39 is 5.97 Å². The van der Waals surface area contributed by atoms with Crippen molar-refractivity contribution in [3.63, 3.8) is 0 Å². The summed E-state index contributed by atoms with van der Waals surface area (Å²) in [6.45, 7) is 4.77. The van der Waals surface area contributed by atoms with Gasteiger partial charge < -0.3 is 20.1 Å². The molecule has 0 saturated carbocycles. The van der Waals surface area contributed by atoms with Gasteiger partial charge in [-0.15, -0.1) is 0 Å². The number of hydrogen-bond donors (Lipinski definition) is 2. The minimum absolute atomic E-state index is 0.0444. The summed E-state index contributed by atoms with van der Waals surface area (Å²) in [4.78, 5) is 24.9. The maximum Gasteiger partial charge on any atom is 0.321 e. The van der Waals surface area contributed by atoms with Gasteiger partial charge in [0.2, 0.25) is 0 Å². The summed E-state index contributed by atoms with van der Waals surface area (Å²) in [5.41, 5.74) is 0.639. The van der Waals surface area contributed by atoms with Gasteiger partial charge in [-0.05, 0) is 38.8 Å². The minimum atomic E-state index is -0.785. The van der Waals surface area contributed by atoms with Crippen molar-refractivity contribution in [2.45, 2.75) is 32.8 Å². The lowest BCUT2D eigenvalue weighted by Crippen LogP contribution is -2.42. The highest BCUT2D eigenvalue weighted by atomic mass is 79.9. The van der Waals surface area contributed by atoms with E-state index in [1.54, 1.807) is 17.0 Å². The second kappa shape index (κ2) is 7.68. The third-order valence-corrected chi connectivity index (χ3v) is 4.08. The standard InChI is InChI=1S/C16H21BrN2O4/c1-10(2)23-14-8-12(17)7-13(9-14)18-16(22)19-5-3-11(4-6-19)15(20)21/h7-11H,3-6H2,1-2H3,(H,18,22)(H,20,21). The summed E-state index contributed by atoms with van der Waals surface area (Å²) >= 11 is 3.40. The zero-order chi connectivity index (χ0) is 17.0. The van der Waals surface area contributed by atoms with Crippen molar-refractivity contribution in [3.8, 4) is 5.75 Å². The lowest BCUT2D eigenvalue weighted by Gasteiger charge is -2.30. The van der Waals surface area contributed by atoms with Gasteiger partial charge in [0.25, 0.3) is 0 Å². The summed E-state index contributed by atoms with van der Waals surface area (Å²) in [5.74, 6) is -0.460. The number of urea groups is 1. The Balaban J connectivity index is 1.98. The molecule has 1 aromatic carbocycles. The third kappa shape index (κ3) is 5.13. The summed E-state index contributed by atoms with van der Waals surface area (Å²) in [6, 6.07) is 5.19. The zero-order valence-corrected chi connectivity index (χ0v) is 14.8. The van der Waals surface area contributed by atoms with Crippen LogP contribution in [0.15, 0.2) is 22.7 Å². The number of nitrogens with one attached hydrogen (secondary N) is 1. The fourth-order valence-electron chi connectivity index (χ4n) is 2.51. The number of hydrogen-bond acceptors (Lipinski definition) is 3. The van der Waals surface area contributed by atoms with Crippen molar-refractivity contribution in [3.05, 3.63) is 22.7 Å². The van der Waals surface area contributed by atoms with E-state index in [-0.39, 0.29) is 18.1 Å². The Bertz CT molecular complexity index is 583. The predicted molar refractivity (Wildman–Crippen MR) is 90.9 cm³/mol. The molecule has 1 aliphatic rings. The van der Waals surface area contributed by atoms with Crippen LogP contribution in [0.1, 0.15) is 26.7 Å². The summed E-state index contributed by atoms with van der Waals surface area (Å²) in [7, 11) is 0. The predicted octanol–water partition coefficient (Wildman–Crippen LogP) is 3.56. The molecule has 0 aliphatic carbocycles. The lowest BCUT2D eigenvalue weighted by atomic mass is 9.97. The van der Waals surface area contributed by atoms with Crippen LogP contribution in [0, 0.1) is 5.92 Å². The van der Waals surface area contributed by atoms with Crippen LogP contribution >= 0.6 is 15.9 Å². The highest BCUT2D eigenvalue weighted by molar-refractivity contribution is 9.10. The molecule has 0 aromatic heterocycles. The van der Waals surface area contributed by atoms with Crippen molar-refractivity contribution in [2.24, 2.45) is 5.92 Å². The number of aliphatic carboxylic acids is 1. The van der Waals surface area contributed by atoms with Gasteiger partial charge in [0.05, 0.1) is 12.0 Å². The van der Waals surface area contributed by atoms with Crippen molar-refractivity contribution in [2.75, 3.05) is 18.4 Å². The fourth-order valence-corrected chi connectivity index (χ4v) is 2.98. The number of benzene rings is 1. The maximum absolute atomic E-state index is 12.3. The summed E-state index contributed by atoms with van der Waals surface area (Å²) < 4.78 is 6.46. The Morgan fingerprint density at radius 3 is 2.52 bits per heavy atom. The number of amides is 2. The quantitative estimate of drug-likeness (QED) is 0.831. The Labute approximate surface area is 143 Å². The zero-order valence-electron chi connectivity index (χ0n) is 13.2. The number of halogens is 1. The molecular weight excluding hydrogens is 364 g/mol. The first-order chi connectivity index (χ1) is 10.8. The number of nitrogens with zero attached hydrogens (tertiary/aromatic N) is 1. The molecule has 1 saturated heterocycles. The molecular formula is C16H21BrN2O4. The van der Waals surface area contributed by atoms with E-state index in [4.69, 9.17) is 9.84 Å². The van der Waals surface area contributed by atoms with Gasteiger partial charge in [0, 0.05) is 29.3 Å². The molecule has 1 heterocycles. The van der Waals surface area contributed by atoms with E-state index in [9.17, 15) is 9.59 Å². The highest BCUT2D eigenvalue weighted by Crippen LogP contribution is 2.26. The van der Waals surface area contributed by atoms with Gasteiger partial charge in [0.15, 0.2) is 0 Å². The number of anilines is 1. The average molecular weight is 385 g/mol. The molecule has 126 valence electrons. The Morgan fingerprint density at radius 2 is 1.96 bits per heavy atom. The first-order valence-corrected chi connectivity index (χ1v) is 8.40. The van der Waals surface area contributed by atoms with Gasteiger partial charge in [-0.2, -0.15) is 0 Å². The third-order valence-electron chi connectivity index (χ3n) is 3.63. The molecule has 6 nitrogen and oxygen atoms in total. The minimum Gasteiger partial charge on any atom is -0.491 e. The summed E-state index contributed by atoms with van der Waals surface area (Å²) in [6.07, 6.45) is 1.02. The first-order valence-electron chi connectivity index (χ1n) is 7.61. The molecule has 0 unspecified atom stereocenters. The smallest absolute Gasteiger partial charge is 0.321 e. The topological polar surface area (TPSA) is 78.9 Å². The van der Waals surface area contributed by atoms with Crippen LogP contribution in [0.5, 0.6) is 5.75 Å². The largest absolute Gasteiger partial charge is 0.491 e. The molecule has 1 fully saturated rings. The van der Waals surface area contributed by atoms with Crippen molar-refractivity contribution >= 4 is 33.6 Å². The molecule has 1 aromatic rings. The Morgan fingerprint density at radius 1 is 1.30 bits per heavy atom. The van der Waals surface area contributed by atoms with Gasteiger partial charge in [0.1, 0.15) is 5.75 Å². The van der Waals surface area contributed by atoms with Crippen LogP contribution in [0.25, 0.3) is 0 Å². The maximum atomic E-state index is 12.3. The molecule has 7 heteroatoms. The first kappa shape index (κ1) is 17.6. The molecule has 2 N–H and O–H groups in total. The molecule has 2 amide bonds. The average Bonchev–Trinajstić information content (AvgIpc) is 2.45. The van der Waals surface area contributed by atoms with E-state index in [0.29, 0.717) is 37.4 Å². The number of ether oxygens (including phenoxy) is 1. The lowest BCUT2D eigenvalue weighted by molar-refractivity contribution is -0.143. The van der Waals surface area contributed by atoms with E-state index in [1.165, 1.54) is 0 Å². The number of carbonyl (C=O) groups is 2. The van der Waals surface area contributed by atoms with Crippen molar-refractivity contribution in [1.29, 1.82) is 0 Å². The SMILES string of the molecule is CC(C)Oc1cc(Br)cc(NC(=O)N2CCC(C(=O)O)CC2)c1. The number of piperidine rings is 1. The molecule has 0 atom stereocenters. The Hall–Kier alpha value is -1.76. The van der Waals surface area contributed by atoms with Gasteiger partial charge in [-0.1, -0.05) is 15.9 Å². The second-order valence-electron chi connectivity index (χ2n) is 5.87. The van der Waals surface area contributed by atoms with Gasteiger partial charge in [-0.3, -0.25) is 4.79 Å². The normalized spacial score (nSPS) is 15.6. The molecule has 0 radical (unpaired) electrons. The molecule has 2 rings (SSSR count). The van der Waals surface area contributed by atoms with Crippen molar-refractivity contribution < 1.29 is 19.4 Å². The van der Waals surface area contributed by atoms with Crippen LogP contribution in [-0.2, 0) is 4.79 Å². The number of rotatable bonds is 4. The van der Waals surface area contributed by atoms with Crippen LogP contribution in [0.3, 0.4) is 0 Å². The van der Waals surface area contributed by atoms with Gasteiger partial charge >= 0.3 is 12.0 Å². The van der Waals surface area contributed by atoms with Gasteiger partial charge in [-0.25, -0.2) is 4.79 Å². The van der Waals surface area contributed by atoms with E-state index in [1.807, 2.05) is 19.9 Å². The van der Waals surface area contributed by atoms with E-state index >= 15 is 0 Å². The molecule has 0 spiro atoms. The second-order valence-corrected chi connectivity index (χ2v) is 6.79. The number of carbonyl (C=O) groups excluding carboxylic acids is 1. The molecule has 23 heavy (non-hydrogen) atoms. The number of likely N-dealkylation sites (tertiary alicyclic amines) is 1. The Kier molecular flexibility index (Phi) is 5.87. The van der Waals surface area contributed by atoms with Crippen molar-refractivity contribution in [1.82, 2.24) is 4.90 Å². The monoisotopic (exact) mass is 384 g/mol. The molecule has 1 aliphatic heterocycles. The number of carboxylic acids is 1. The summed E-state index contributed by atoms with van der Waals surface area (Å²) in [5, 5.41) is 11.8. The van der Waals surface area contributed by atoms with E-state index in [2.05, 4.69) is 21.2 Å². The van der Waals surface area contributed by atoms with Crippen LogP contribution in [0.2, 0.25) is 0 Å². The highest BCUT2D eigenvalue weighted by Gasteiger charge is 2.27. The van der Waals surface area contributed by atoms with E-state index in [0.717, 1.165) is 4.47 Å². The fraction of sp³-hybridized carbons (Fsp3) is 0.500. The number of carboxylic acid groups (broad SMARTS) is 1. The van der Waals surface area contributed by atoms with Crippen LogP contribution in [0.4, 0.5) is 10.5 Å². The van der Waals surface area contributed by atoms with Crippen LogP contribution < -0.4 is 10.1 Å². The van der Waals surface area contributed by atoms with Crippen LogP contribution in [-0.4, -0.2) is 41.2 Å². The molecule has 0 bridgehead atoms.